The highest BCUT2D eigenvalue weighted by atomic mass is 35.5. The molecular weight excluding hydrogens is 209 g/mol. The van der Waals surface area contributed by atoms with Crippen molar-refractivity contribution in [3.63, 3.8) is 0 Å². The van der Waals surface area contributed by atoms with Gasteiger partial charge in [0.15, 0.2) is 11.0 Å². The van der Waals surface area contributed by atoms with Gasteiger partial charge in [0.1, 0.15) is 0 Å². The van der Waals surface area contributed by atoms with Crippen LogP contribution in [0.15, 0.2) is 40.1 Å². The molecule has 1 aromatic rings. The Morgan fingerprint density at radius 2 is 2.00 bits per heavy atom. The van der Waals surface area contributed by atoms with E-state index in [9.17, 15) is 4.39 Å². The molecule has 1 aliphatic heterocycles. The number of pyridine rings is 1. The van der Waals surface area contributed by atoms with Crippen LogP contribution in [0.1, 0.15) is 0 Å². The molecule has 0 radical (unpaired) electrons. The third kappa shape index (κ3) is 1.62. The fourth-order valence-corrected chi connectivity index (χ4v) is 2.89. The molecule has 1 aromatic heterocycles. The minimum atomic E-state index is -0.638. The Morgan fingerprint density at radius 3 is 2.69 bits per heavy atom. The predicted molar refractivity (Wildman–Crippen MR) is 54.7 cm³/mol. The van der Waals surface area contributed by atoms with Crippen molar-refractivity contribution in [2.24, 2.45) is 0 Å². The maximum atomic E-state index is 13.4. The van der Waals surface area contributed by atoms with Crippen molar-refractivity contribution < 1.29 is 4.39 Å². The van der Waals surface area contributed by atoms with Gasteiger partial charge < -0.3 is 0 Å². The first kappa shape index (κ1) is 8.78. The zero-order valence-corrected chi connectivity index (χ0v) is 8.26. The molecule has 0 spiro atoms. The average Bonchev–Trinajstić information content (AvgIpc) is 2.62. The number of hydrogen-bond donors (Lipinski definition) is 1. The highest BCUT2D eigenvalue weighted by molar-refractivity contribution is 8.22. The first-order valence-corrected chi connectivity index (χ1v) is 5.58. The fraction of sp³-hybridized carbons (Fsp3) is 0. The van der Waals surface area contributed by atoms with Crippen molar-refractivity contribution in [2.45, 2.75) is 4.90 Å². The summed E-state index contributed by atoms with van der Waals surface area (Å²) in [5.41, 5.74) is 0. The van der Waals surface area contributed by atoms with Gasteiger partial charge in [0, 0.05) is 11.1 Å². The van der Waals surface area contributed by atoms with Crippen LogP contribution in [-0.4, -0.2) is 4.98 Å². The molecule has 0 fully saturated rings. The van der Waals surface area contributed by atoms with Gasteiger partial charge in [-0.15, -0.1) is 0 Å². The van der Waals surface area contributed by atoms with Crippen molar-refractivity contribution in [1.82, 2.24) is 4.98 Å². The van der Waals surface area contributed by atoms with Gasteiger partial charge in [-0.1, -0.05) is 23.8 Å². The molecule has 0 saturated carbocycles. The van der Waals surface area contributed by atoms with Crippen LogP contribution in [0.2, 0.25) is 5.15 Å². The van der Waals surface area contributed by atoms with Crippen LogP contribution in [0.3, 0.4) is 0 Å². The van der Waals surface area contributed by atoms with Crippen molar-refractivity contribution in [1.29, 1.82) is 0 Å². The Kier molecular flexibility index (Phi) is 2.38. The Bertz CT molecular complexity index is 377. The third-order valence-corrected chi connectivity index (χ3v) is 3.86. The van der Waals surface area contributed by atoms with E-state index in [1.165, 1.54) is 6.20 Å². The third-order valence-electron chi connectivity index (χ3n) is 1.71. The van der Waals surface area contributed by atoms with Crippen LogP contribution in [0.5, 0.6) is 0 Å². The summed E-state index contributed by atoms with van der Waals surface area (Å²) >= 11 is 5.57. The van der Waals surface area contributed by atoms with E-state index in [0.29, 0.717) is 4.90 Å². The van der Waals surface area contributed by atoms with E-state index in [2.05, 4.69) is 4.98 Å². The lowest BCUT2D eigenvalue weighted by atomic mass is 10.5. The van der Waals surface area contributed by atoms with Gasteiger partial charge in [0.05, 0.1) is 0 Å². The van der Waals surface area contributed by atoms with Gasteiger partial charge in [0.2, 0.25) is 0 Å². The average molecular weight is 216 g/mol. The van der Waals surface area contributed by atoms with E-state index in [1.54, 1.807) is 6.07 Å². The van der Waals surface area contributed by atoms with Crippen molar-refractivity contribution >= 4 is 22.5 Å². The largest absolute Gasteiger partial charge is 0.241 e. The van der Waals surface area contributed by atoms with E-state index < -0.39 is 16.7 Å². The first-order chi connectivity index (χ1) is 6.29. The van der Waals surface area contributed by atoms with Crippen LogP contribution in [0, 0.1) is 5.82 Å². The summed E-state index contributed by atoms with van der Waals surface area (Å²) in [5, 5.41) is 3.91. The minimum absolute atomic E-state index is 0.0475. The molecule has 0 unspecified atom stereocenters. The van der Waals surface area contributed by atoms with E-state index >= 15 is 0 Å². The van der Waals surface area contributed by atoms with Crippen LogP contribution >= 0.6 is 22.5 Å². The number of halogens is 2. The molecule has 13 heavy (non-hydrogen) atoms. The Hall–Kier alpha value is -0.800. The molecule has 0 aliphatic carbocycles. The SMILES string of the molecule is Fc1c([SH]2C=CC=C2)ccnc1Cl. The Labute approximate surface area is 83.3 Å². The highest BCUT2D eigenvalue weighted by Gasteiger charge is 2.11. The van der Waals surface area contributed by atoms with E-state index in [-0.39, 0.29) is 5.15 Å². The zero-order chi connectivity index (χ0) is 9.26. The summed E-state index contributed by atoms with van der Waals surface area (Å²) in [6.45, 7) is 0. The van der Waals surface area contributed by atoms with Gasteiger partial charge >= 0.3 is 0 Å². The summed E-state index contributed by atoms with van der Waals surface area (Å²) in [6, 6.07) is 1.67. The molecule has 4 heteroatoms. The number of hydrogen-bond acceptors (Lipinski definition) is 1. The maximum absolute atomic E-state index is 13.4. The summed E-state index contributed by atoms with van der Waals surface area (Å²) in [6.07, 6.45) is 5.36. The lowest BCUT2D eigenvalue weighted by Crippen LogP contribution is -1.87. The van der Waals surface area contributed by atoms with Crippen LogP contribution in [0.25, 0.3) is 0 Å². The van der Waals surface area contributed by atoms with Gasteiger partial charge in [-0.2, -0.15) is 10.9 Å². The summed E-state index contributed by atoms with van der Waals surface area (Å²) in [7, 11) is -0.638. The van der Waals surface area contributed by atoms with Crippen molar-refractivity contribution in [2.75, 3.05) is 0 Å². The van der Waals surface area contributed by atoms with Crippen LogP contribution < -0.4 is 0 Å². The molecular formula is C9H7ClFNS. The van der Waals surface area contributed by atoms with E-state index in [4.69, 9.17) is 11.6 Å². The molecule has 0 atom stereocenters. The summed E-state index contributed by atoms with van der Waals surface area (Å²) in [4.78, 5) is 4.30. The molecule has 68 valence electrons. The zero-order valence-electron chi connectivity index (χ0n) is 6.61. The molecule has 0 aromatic carbocycles. The number of aromatic nitrogens is 1. The molecule has 0 N–H and O–H groups in total. The lowest BCUT2D eigenvalue weighted by Gasteiger charge is -2.10. The topological polar surface area (TPSA) is 12.9 Å². The molecule has 0 bridgehead atoms. The Balaban J connectivity index is 2.45. The van der Waals surface area contributed by atoms with Crippen molar-refractivity contribution in [3.8, 4) is 0 Å². The second-order valence-corrected chi connectivity index (χ2v) is 4.78. The second-order valence-electron chi connectivity index (χ2n) is 2.53. The van der Waals surface area contributed by atoms with Gasteiger partial charge in [-0.3, -0.25) is 0 Å². The first-order valence-electron chi connectivity index (χ1n) is 3.72. The number of nitrogens with zero attached hydrogens (tertiary/aromatic N) is 1. The lowest BCUT2D eigenvalue weighted by molar-refractivity contribution is 0.595. The molecule has 0 amide bonds. The molecule has 1 aliphatic rings. The van der Waals surface area contributed by atoms with Gasteiger partial charge in [-0.25, -0.2) is 9.37 Å². The smallest absolute Gasteiger partial charge is 0.172 e. The fourth-order valence-electron chi connectivity index (χ4n) is 1.10. The standard InChI is InChI=1S/C9H7ClFNS/c10-9-8(11)7(3-4-12-9)13-5-1-2-6-13/h1-6,13H. The molecule has 0 saturated heterocycles. The molecule has 1 nitrogen and oxygen atoms in total. The van der Waals surface area contributed by atoms with Crippen LogP contribution in [0.4, 0.5) is 4.39 Å². The molecule has 2 heterocycles. The highest BCUT2D eigenvalue weighted by Crippen LogP contribution is 2.43. The van der Waals surface area contributed by atoms with Crippen molar-refractivity contribution in [3.05, 3.63) is 46.2 Å². The quantitative estimate of drug-likeness (QED) is 0.561. The second kappa shape index (κ2) is 3.52. The molecule has 2 rings (SSSR count). The predicted octanol–water partition coefficient (Wildman–Crippen LogP) is 3.28. The normalized spacial score (nSPS) is 16.9. The number of rotatable bonds is 1. The maximum Gasteiger partial charge on any atom is 0.172 e. The summed E-state index contributed by atoms with van der Waals surface area (Å²) < 4.78 is 13.4. The number of allylic oxidation sites excluding steroid dienone is 2. The van der Waals surface area contributed by atoms with E-state index in [1.807, 2.05) is 23.0 Å². The summed E-state index contributed by atoms with van der Waals surface area (Å²) in [5.74, 6) is -0.397. The number of thiol groups is 1. The van der Waals surface area contributed by atoms with E-state index in [0.717, 1.165) is 0 Å². The Morgan fingerprint density at radius 1 is 1.31 bits per heavy atom. The monoisotopic (exact) mass is 215 g/mol. The van der Waals surface area contributed by atoms with Gasteiger partial charge in [-0.05, 0) is 16.9 Å². The minimum Gasteiger partial charge on any atom is -0.241 e. The van der Waals surface area contributed by atoms with Crippen LogP contribution in [-0.2, 0) is 0 Å². The van der Waals surface area contributed by atoms with Gasteiger partial charge in [0.25, 0.3) is 0 Å².